The van der Waals surface area contributed by atoms with Crippen LogP contribution in [0.1, 0.15) is 37.7 Å². The first-order valence-electron chi connectivity index (χ1n) is 8.22. The fourth-order valence-electron chi connectivity index (χ4n) is 3.09. The molecule has 2 rings (SSSR count). The zero-order chi connectivity index (χ0) is 17.6. The highest BCUT2D eigenvalue weighted by Crippen LogP contribution is 2.30. The van der Waals surface area contributed by atoms with Crippen LogP contribution in [-0.2, 0) is 11.0 Å². The molecule has 1 atom stereocenters. The standard InChI is InChI=1S/C17H23F3N2O2/c18-17(19,20)13-4-1-5-14(12-13)21-16(24)8-10-22-9-2-6-15(22)7-3-11-23/h1,4-5,12,15,23H,2-3,6-11H2,(H,21,24)/t15-/m0/s1. The summed E-state index contributed by atoms with van der Waals surface area (Å²) in [5, 5.41) is 11.4. The first-order valence-corrected chi connectivity index (χ1v) is 8.22. The Bertz CT molecular complexity index is 549. The van der Waals surface area contributed by atoms with E-state index >= 15 is 0 Å². The highest BCUT2D eigenvalue weighted by molar-refractivity contribution is 5.90. The molecule has 4 nitrogen and oxygen atoms in total. The van der Waals surface area contributed by atoms with Crippen LogP contribution in [0.15, 0.2) is 24.3 Å². The maximum Gasteiger partial charge on any atom is 0.416 e. The number of carbonyl (C=O) groups excluding carboxylic acids is 1. The molecule has 7 heteroatoms. The maximum absolute atomic E-state index is 12.7. The van der Waals surface area contributed by atoms with Gasteiger partial charge in [0.05, 0.1) is 5.56 Å². The highest BCUT2D eigenvalue weighted by Gasteiger charge is 2.30. The highest BCUT2D eigenvalue weighted by atomic mass is 19.4. The van der Waals surface area contributed by atoms with Crippen molar-refractivity contribution < 1.29 is 23.1 Å². The Morgan fingerprint density at radius 2 is 2.17 bits per heavy atom. The van der Waals surface area contributed by atoms with E-state index in [1.807, 2.05) is 0 Å². The van der Waals surface area contributed by atoms with Crippen LogP contribution in [0.2, 0.25) is 0 Å². The van der Waals surface area contributed by atoms with Crippen LogP contribution in [0.5, 0.6) is 0 Å². The van der Waals surface area contributed by atoms with Crippen molar-refractivity contribution >= 4 is 11.6 Å². The third-order valence-electron chi connectivity index (χ3n) is 4.29. The number of benzene rings is 1. The Kier molecular flexibility index (Phi) is 6.62. The average molecular weight is 344 g/mol. The molecule has 1 fully saturated rings. The second-order valence-electron chi connectivity index (χ2n) is 6.07. The number of amides is 1. The number of carbonyl (C=O) groups is 1. The molecule has 1 heterocycles. The lowest BCUT2D eigenvalue weighted by atomic mass is 10.1. The van der Waals surface area contributed by atoms with E-state index < -0.39 is 11.7 Å². The van der Waals surface area contributed by atoms with Gasteiger partial charge in [-0.05, 0) is 50.4 Å². The molecule has 0 aromatic heterocycles. The van der Waals surface area contributed by atoms with Crippen molar-refractivity contribution in [2.75, 3.05) is 25.0 Å². The Balaban J connectivity index is 1.83. The maximum atomic E-state index is 12.7. The predicted molar refractivity (Wildman–Crippen MR) is 85.6 cm³/mol. The molecule has 0 spiro atoms. The van der Waals surface area contributed by atoms with Gasteiger partial charge in [-0.1, -0.05) is 6.07 Å². The third kappa shape index (κ3) is 5.49. The summed E-state index contributed by atoms with van der Waals surface area (Å²) in [6.07, 6.45) is -0.383. The molecule has 1 aliphatic rings. The summed E-state index contributed by atoms with van der Waals surface area (Å²) < 4.78 is 38.0. The van der Waals surface area contributed by atoms with Gasteiger partial charge < -0.3 is 10.4 Å². The van der Waals surface area contributed by atoms with Crippen molar-refractivity contribution in [3.8, 4) is 0 Å². The summed E-state index contributed by atoms with van der Waals surface area (Å²) in [7, 11) is 0. The van der Waals surface area contributed by atoms with Crippen molar-refractivity contribution in [1.29, 1.82) is 0 Å². The number of hydrogen-bond acceptors (Lipinski definition) is 3. The molecule has 0 radical (unpaired) electrons. The fourth-order valence-corrected chi connectivity index (χ4v) is 3.09. The first-order chi connectivity index (χ1) is 11.4. The van der Waals surface area contributed by atoms with Gasteiger partial charge in [0.2, 0.25) is 5.91 Å². The van der Waals surface area contributed by atoms with Crippen LogP contribution in [0.4, 0.5) is 18.9 Å². The number of alkyl halides is 3. The molecule has 1 aromatic carbocycles. The summed E-state index contributed by atoms with van der Waals surface area (Å²) in [4.78, 5) is 14.2. The van der Waals surface area contributed by atoms with Gasteiger partial charge in [-0.3, -0.25) is 9.69 Å². The third-order valence-corrected chi connectivity index (χ3v) is 4.29. The number of rotatable bonds is 7. The second kappa shape index (κ2) is 8.48. The van der Waals surface area contributed by atoms with Gasteiger partial charge in [0.15, 0.2) is 0 Å². The Hall–Kier alpha value is -1.60. The minimum absolute atomic E-state index is 0.160. The minimum atomic E-state index is -4.42. The number of hydrogen-bond donors (Lipinski definition) is 2. The molecule has 134 valence electrons. The molecular formula is C17H23F3N2O2. The van der Waals surface area contributed by atoms with Crippen LogP contribution >= 0.6 is 0 Å². The molecule has 24 heavy (non-hydrogen) atoms. The average Bonchev–Trinajstić information content (AvgIpc) is 2.98. The van der Waals surface area contributed by atoms with Gasteiger partial charge in [0.25, 0.3) is 0 Å². The molecule has 0 aliphatic carbocycles. The lowest BCUT2D eigenvalue weighted by Gasteiger charge is -2.23. The Morgan fingerprint density at radius 3 is 2.88 bits per heavy atom. The lowest BCUT2D eigenvalue weighted by molar-refractivity contribution is -0.137. The van der Waals surface area contributed by atoms with Crippen molar-refractivity contribution in [2.45, 2.75) is 44.3 Å². The van der Waals surface area contributed by atoms with Gasteiger partial charge in [0.1, 0.15) is 0 Å². The summed E-state index contributed by atoms with van der Waals surface area (Å²) in [6, 6.07) is 5.04. The Labute approximate surface area is 139 Å². The van der Waals surface area contributed by atoms with Crippen LogP contribution in [0, 0.1) is 0 Å². The van der Waals surface area contributed by atoms with Crippen molar-refractivity contribution in [2.24, 2.45) is 0 Å². The monoisotopic (exact) mass is 344 g/mol. The van der Waals surface area contributed by atoms with Crippen LogP contribution in [0.3, 0.4) is 0 Å². The molecule has 1 aromatic rings. The van der Waals surface area contributed by atoms with Crippen molar-refractivity contribution in [3.63, 3.8) is 0 Å². The van der Waals surface area contributed by atoms with E-state index in [-0.39, 0.29) is 24.6 Å². The summed E-state index contributed by atoms with van der Waals surface area (Å²) in [5.41, 5.74) is -0.614. The SMILES string of the molecule is O=C(CCN1CCC[C@H]1CCCO)Nc1cccc(C(F)(F)F)c1. The van der Waals surface area contributed by atoms with Gasteiger partial charge >= 0.3 is 6.18 Å². The van der Waals surface area contributed by atoms with Gasteiger partial charge in [-0.2, -0.15) is 13.2 Å². The number of aliphatic hydroxyl groups excluding tert-OH is 1. The summed E-state index contributed by atoms with van der Waals surface area (Å²) in [6.45, 7) is 1.67. The molecule has 1 amide bonds. The number of nitrogens with one attached hydrogen (secondary N) is 1. The molecular weight excluding hydrogens is 321 g/mol. The Morgan fingerprint density at radius 1 is 1.38 bits per heavy atom. The lowest BCUT2D eigenvalue weighted by Crippen LogP contribution is -2.32. The first kappa shape index (κ1) is 18.7. The zero-order valence-corrected chi connectivity index (χ0v) is 13.5. The minimum Gasteiger partial charge on any atom is -0.396 e. The smallest absolute Gasteiger partial charge is 0.396 e. The number of likely N-dealkylation sites (tertiary alicyclic amines) is 1. The molecule has 0 saturated carbocycles. The van der Waals surface area contributed by atoms with E-state index in [2.05, 4.69) is 10.2 Å². The normalized spacial score (nSPS) is 18.8. The predicted octanol–water partition coefficient (Wildman–Crippen LogP) is 3.27. The van der Waals surface area contributed by atoms with Crippen molar-refractivity contribution in [1.82, 2.24) is 4.90 Å². The van der Waals surface area contributed by atoms with E-state index in [1.54, 1.807) is 0 Å². The second-order valence-corrected chi connectivity index (χ2v) is 6.07. The molecule has 0 bridgehead atoms. The van der Waals surface area contributed by atoms with Crippen LogP contribution < -0.4 is 5.32 Å². The number of aliphatic hydroxyl groups is 1. The van der Waals surface area contributed by atoms with E-state index in [0.29, 0.717) is 12.6 Å². The topological polar surface area (TPSA) is 52.6 Å². The van der Waals surface area contributed by atoms with E-state index in [4.69, 9.17) is 5.11 Å². The van der Waals surface area contributed by atoms with Gasteiger partial charge in [-0.25, -0.2) is 0 Å². The molecule has 2 N–H and O–H groups in total. The number of halogens is 3. The van der Waals surface area contributed by atoms with Crippen LogP contribution in [-0.4, -0.2) is 41.7 Å². The van der Waals surface area contributed by atoms with Gasteiger partial charge in [0, 0.05) is 31.3 Å². The molecule has 0 unspecified atom stereocenters. The quantitative estimate of drug-likeness (QED) is 0.798. The molecule has 1 saturated heterocycles. The van der Waals surface area contributed by atoms with E-state index in [0.717, 1.165) is 44.4 Å². The van der Waals surface area contributed by atoms with Crippen molar-refractivity contribution in [3.05, 3.63) is 29.8 Å². The molecule has 1 aliphatic heterocycles. The van der Waals surface area contributed by atoms with Crippen LogP contribution in [0.25, 0.3) is 0 Å². The fraction of sp³-hybridized carbons (Fsp3) is 0.588. The zero-order valence-electron chi connectivity index (χ0n) is 13.5. The van der Waals surface area contributed by atoms with E-state index in [9.17, 15) is 18.0 Å². The largest absolute Gasteiger partial charge is 0.416 e. The van der Waals surface area contributed by atoms with Gasteiger partial charge in [-0.15, -0.1) is 0 Å². The van der Waals surface area contributed by atoms with E-state index in [1.165, 1.54) is 12.1 Å². The summed E-state index contributed by atoms with van der Waals surface area (Å²) >= 11 is 0. The number of nitrogens with zero attached hydrogens (tertiary/aromatic N) is 1. The number of anilines is 1. The summed E-state index contributed by atoms with van der Waals surface area (Å²) in [5.74, 6) is -0.290.